The van der Waals surface area contributed by atoms with Crippen LogP contribution in [0.4, 0.5) is 18.0 Å². The number of hydrogen-bond donors (Lipinski definition) is 1. The molecule has 88 valence electrons. The Kier molecular flexibility index (Phi) is 3.78. The number of nitrogens with one attached hydrogen (secondary N) is 1. The molecular weight excluding hydrogens is 213 g/mol. The van der Waals surface area contributed by atoms with Crippen molar-refractivity contribution in [2.45, 2.75) is 19.1 Å². The summed E-state index contributed by atoms with van der Waals surface area (Å²) in [6, 6.07) is -1.79. The predicted octanol–water partition coefficient (Wildman–Crippen LogP) is 0.979. The Hall–Kier alpha value is -0.980. The van der Waals surface area contributed by atoms with Crippen molar-refractivity contribution in [1.29, 1.82) is 0 Å². The molecule has 15 heavy (non-hydrogen) atoms. The van der Waals surface area contributed by atoms with E-state index in [9.17, 15) is 18.0 Å². The largest absolute Gasteiger partial charge is 0.450 e. The van der Waals surface area contributed by atoms with E-state index in [1.165, 1.54) is 0 Å². The lowest BCUT2D eigenvalue weighted by molar-refractivity contribution is -0.181. The van der Waals surface area contributed by atoms with Crippen LogP contribution in [0.2, 0.25) is 0 Å². The zero-order valence-electron chi connectivity index (χ0n) is 8.30. The average Bonchev–Trinajstić information content (AvgIpc) is 2.17. The Balaban J connectivity index is 2.70. The molecule has 1 heterocycles. The molecule has 1 atom stereocenters. The van der Waals surface area contributed by atoms with Gasteiger partial charge in [0.25, 0.3) is 0 Å². The fourth-order valence-electron chi connectivity index (χ4n) is 1.42. The Morgan fingerprint density at radius 3 is 2.80 bits per heavy atom. The molecule has 0 aromatic heterocycles. The maximum absolute atomic E-state index is 12.5. The van der Waals surface area contributed by atoms with Gasteiger partial charge in [0, 0.05) is 19.6 Å². The minimum Gasteiger partial charge on any atom is -0.450 e. The molecular formula is C8H13F3N2O2. The van der Waals surface area contributed by atoms with Crippen molar-refractivity contribution in [3.63, 3.8) is 0 Å². The highest BCUT2D eigenvalue weighted by molar-refractivity contribution is 5.68. The number of carbonyl (C=O) groups excluding carboxylic acids is 1. The fourth-order valence-corrected chi connectivity index (χ4v) is 1.42. The van der Waals surface area contributed by atoms with E-state index in [2.05, 4.69) is 10.1 Å². The highest BCUT2D eigenvalue weighted by Gasteiger charge is 2.46. The maximum Gasteiger partial charge on any atom is 0.410 e. The average molecular weight is 226 g/mol. The zero-order chi connectivity index (χ0) is 11.5. The van der Waals surface area contributed by atoms with Gasteiger partial charge in [0.15, 0.2) is 0 Å². The summed E-state index contributed by atoms with van der Waals surface area (Å²) in [5.41, 5.74) is 0. The second-order valence-corrected chi connectivity index (χ2v) is 3.15. The number of amides is 1. The quantitative estimate of drug-likeness (QED) is 0.724. The second kappa shape index (κ2) is 4.69. The first-order chi connectivity index (χ1) is 6.96. The van der Waals surface area contributed by atoms with Gasteiger partial charge in [-0.1, -0.05) is 0 Å². The highest BCUT2D eigenvalue weighted by Crippen LogP contribution is 2.26. The lowest BCUT2D eigenvalue weighted by atomic mass is 10.2. The Morgan fingerprint density at radius 1 is 1.60 bits per heavy atom. The van der Waals surface area contributed by atoms with E-state index >= 15 is 0 Å². The van der Waals surface area contributed by atoms with Gasteiger partial charge in [0.05, 0.1) is 6.61 Å². The van der Waals surface area contributed by atoms with Crippen LogP contribution in [0.5, 0.6) is 0 Å². The number of hydrogen-bond acceptors (Lipinski definition) is 3. The van der Waals surface area contributed by atoms with Crippen LogP contribution in [-0.2, 0) is 4.74 Å². The van der Waals surface area contributed by atoms with Crippen LogP contribution in [0.1, 0.15) is 6.92 Å². The summed E-state index contributed by atoms with van der Waals surface area (Å²) >= 11 is 0. The molecule has 1 amide bonds. The van der Waals surface area contributed by atoms with Crippen LogP contribution < -0.4 is 5.32 Å². The van der Waals surface area contributed by atoms with Gasteiger partial charge >= 0.3 is 12.3 Å². The molecule has 0 aliphatic carbocycles. The normalized spacial score (nSPS) is 22.7. The third-order valence-corrected chi connectivity index (χ3v) is 2.12. The molecule has 0 saturated carbocycles. The molecule has 0 bridgehead atoms. The molecule has 0 spiro atoms. The minimum atomic E-state index is -4.42. The summed E-state index contributed by atoms with van der Waals surface area (Å²) in [6.45, 7) is 1.73. The monoisotopic (exact) mass is 226 g/mol. The van der Waals surface area contributed by atoms with Crippen molar-refractivity contribution in [3.8, 4) is 0 Å². The molecule has 1 fully saturated rings. The standard InChI is InChI=1S/C8H13F3N2O2/c1-2-15-7(14)13-4-3-12-5-6(13)8(9,10)11/h6,12H,2-5H2,1H3. The van der Waals surface area contributed by atoms with E-state index in [0.29, 0.717) is 6.54 Å². The molecule has 0 aromatic carbocycles. The third kappa shape index (κ3) is 2.98. The van der Waals surface area contributed by atoms with Crippen LogP contribution in [0.25, 0.3) is 0 Å². The number of piperazine rings is 1. The van der Waals surface area contributed by atoms with Crippen molar-refractivity contribution in [2.75, 3.05) is 26.2 Å². The predicted molar refractivity (Wildman–Crippen MR) is 46.4 cm³/mol. The Labute approximate surface area is 85.4 Å². The van der Waals surface area contributed by atoms with Crippen LogP contribution in [0, 0.1) is 0 Å². The van der Waals surface area contributed by atoms with Crippen LogP contribution in [-0.4, -0.2) is 49.5 Å². The number of halogens is 3. The smallest absolute Gasteiger partial charge is 0.410 e. The minimum absolute atomic E-state index is 0.0169. The molecule has 1 aliphatic heterocycles. The van der Waals surface area contributed by atoms with Crippen LogP contribution in [0.3, 0.4) is 0 Å². The second-order valence-electron chi connectivity index (χ2n) is 3.15. The van der Waals surface area contributed by atoms with E-state index in [1.807, 2.05) is 0 Å². The first-order valence-electron chi connectivity index (χ1n) is 4.67. The van der Waals surface area contributed by atoms with Crippen LogP contribution in [0.15, 0.2) is 0 Å². The first-order valence-corrected chi connectivity index (χ1v) is 4.67. The molecule has 1 N–H and O–H groups in total. The molecule has 1 saturated heterocycles. The number of ether oxygens (including phenoxy) is 1. The maximum atomic E-state index is 12.5. The summed E-state index contributed by atoms with van der Waals surface area (Å²) in [5, 5.41) is 2.60. The lowest BCUT2D eigenvalue weighted by Gasteiger charge is -2.36. The van der Waals surface area contributed by atoms with Crippen LogP contribution >= 0.6 is 0 Å². The summed E-state index contributed by atoms with van der Waals surface area (Å²) < 4.78 is 42.1. The molecule has 1 aliphatic rings. The topological polar surface area (TPSA) is 41.6 Å². The molecule has 1 unspecified atom stereocenters. The fraction of sp³-hybridized carbons (Fsp3) is 0.875. The van der Waals surface area contributed by atoms with E-state index < -0.39 is 18.3 Å². The van der Waals surface area contributed by atoms with Gasteiger partial charge in [-0.15, -0.1) is 0 Å². The van der Waals surface area contributed by atoms with Crippen molar-refractivity contribution >= 4 is 6.09 Å². The molecule has 7 heteroatoms. The lowest BCUT2D eigenvalue weighted by Crippen LogP contribution is -2.59. The third-order valence-electron chi connectivity index (χ3n) is 2.12. The number of nitrogens with zero attached hydrogens (tertiary/aromatic N) is 1. The van der Waals surface area contributed by atoms with E-state index in [0.717, 1.165) is 4.90 Å². The van der Waals surface area contributed by atoms with Gasteiger partial charge in [-0.25, -0.2) is 4.79 Å². The van der Waals surface area contributed by atoms with Gasteiger partial charge in [-0.05, 0) is 6.92 Å². The van der Waals surface area contributed by atoms with Gasteiger partial charge < -0.3 is 10.1 Å². The number of rotatable bonds is 1. The van der Waals surface area contributed by atoms with Crippen molar-refractivity contribution in [1.82, 2.24) is 10.2 Å². The first kappa shape index (κ1) is 12.1. The SMILES string of the molecule is CCOC(=O)N1CCNCC1C(F)(F)F. The highest BCUT2D eigenvalue weighted by atomic mass is 19.4. The van der Waals surface area contributed by atoms with E-state index in [-0.39, 0.29) is 19.7 Å². The summed E-state index contributed by atoms with van der Waals surface area (Å²) in [5.74, 6) is 0. The van der Waals surface area contributed by atoms with Crippen molar-refractivity contribution < 1.29 is 22.7 Å². The van der Waals surface area contributed by atoms with Crippen molar-refractivity contribution in [2.24, 2.45) is 0 Å². The molecule has 0 aromatic rings. The zero-order valence-corrected chi connectivity index (χ0v) is 8.30. The summed E-state index contributed by atoms with van der Waals surface area (Å²) in [6.07, 6.45) is -5.32. The molecule has 0 radical (unpaired) electrons. The van der Waals surface area contributed by atoms with Gasteiger partial charge in [-0.3, -0.25) is 4.90 Å². The van der Waals surface area contributed by atoms with E-state index in [1.54, 1.807) is 6.92 Å². The number of carbonyl (C=O) groups is 1. The summed E-state index contributed by atoms with van der Waals surface area (Å²) in [4.78, 5) is 12.0. The van der Waals surface area contributed by atoms with Gasteiger partial charge in [-0.2, -0.15) is 13.2 Å². The summed E-state index contributed by atoms with van der Waals surface area (Å²) in [7, 11) is 0. The Bertz CT molecular complexity index is 232. The number of alkyl halides is 3. The molecule has 1 rings (SSSR count). The Morgan fingerprint density at radius 2 is 2.27 bits per heavy atom. The molecule has 4 nitrogen and oxygen atoms in total. The van der Waals surface area contributed by atoms with Crippen molar-refractivity contribution in [3.05, 3.63) is 0 Å². The van der Waals surface area contributed by atoms with Gasteiger partial charge in [0.2, 0.25) is 0 Å². The van der Waals surface area contributed by atoms with Gasteiger partial charge in [0.1, 0.15) is 6.04 Å². The van der Waals surface area contributed by atoms with E-state index in [4.69, 9.17) is 0 Å².